The largest absolute Gasteiger partial charge is 0.385 e. The summed E-state index contributed by atoms with van der Waals surface area (Å²) in [5.74, 6) is 1.56. The summed E-state index contributed by atoms with van der Waals surface area (Å²) in [6.45, 7) is 6.45. The van der Waals surface area contributed by atoms with Crippen molar-refractivity contribution in [3.8, 4) is 0 Å². The van der Waals surface area contributed by atoms with E-state index in [1.807, 2.05) is 11.5 Å². The summed E-state index contributed by atoms with van der Waals surface area (Å²) in [6.07, 6.45) is 6.32. The van der Waals surface area contributed by atoms with E-state index in [1.54, 1.807) is 12.7 Å². The van der Waals surface area contributed by atoms with Crippen LogP contribution >= 0.6 is 0 Å². The molecular formula is C20H29N5O4. The van der Waals surface area contributed by atoms with Crippen molar-refractivity contribution in [3.05, 3.63) is 12.7 Å². The summed E-state index contributed by atoms with van der Waals surface area (Å²) >= 11 is 0. The van der Waals surface area contributed by atoms with Crippen LogP contribution in [0.15, 0.2) is 12.7 Å². The van der Waals surface area contributed by atoms with E-state index in [4.69, 9.17) is 14.2 Å². The molecule has 2 aromatic heterocycles. The summed E-state index contributed by atoms with van der Waals surface area (Å²) in [6, 6.07) is 0. The molecule has 3 fully saturated rings. The molecule has 9 heteroatoms. The first-order valence-corrected chi connectivity index (χ1v) is 10.6. The van der Waals surface area contributed by atoms with Gasteiger partial charge in [0, 0.05) is 32.7 Å². The van der Waals surface area contributed by atoms with Gasteiger partial charge in [0.25, 0.3) is 0 Å². The van der Waals surface area contributed by atoms with Gasteiger partial charge < -0.3 is 28.8 Å². The predicted octanol–water partition coefficient (Wildman–Crippen LogP) is 0.998. The Kier molecular flexibility index (Phi) is 5.15. The van der Waals surface area contributed by atoms with Crippen LogP contribution in [0.2, 0.25) is 0 Å². The van der Waals surface area contributed by atoms with E-state index in [2.05, 4.69) is 19.9 Å². The van der Waals surface area contributed by atoms with Crippen molar-refractivity contribution >= 4 is 17.0 Å². The summed E-state index contributed by atoms with van der Waals surface area (Å²) in [7, 11) is 0. The van der Waals surface area contributed by atoms with Crippen LogP contribution in [-0.2, 0) is 20.8 Å². The first kappa shape index (κ1) is 19.2. The molecule has 158 valence electrons. The van der Waals surface area contributed by atoms with Gasteiger partial charge in [0.1, 0.15) is 11.9 Å². The van der Waals surface area contributed by atoms with Gasteiger partial charge in [0.05, 0.1) is 38.3 Å². The third kappa shape index (κ3) is 3.96. The molecule has 1 N–H and O–H groups in total. The molecule has 5 rings (SSSR count). The van der Waals surface area contributed by atoms with Crippen molar-refractivity contribution < 1.29 is 19.3 Å². The molecule has 0 amide bonds. The second-order valence-corrected chi connectivity index (χ2v) is 8.53. The van der Waals surface area contributed by atoms with Gasteiger partial charge in [-0.05, 0) is 25.7 Å². The lowest BCUT2D eigenvalue weighted by Gasteiger charge is -2.33. The summed E-state index contributed by atoms with van der Waals surface area (Å²) in [4.78, 5) is 15.7. The number of ether oxygens (including phenoxy) is 3. The Morgan fingerprint density at radius 1 is 1.21 bits per heavy atom. The molecule has 9 nitrogen and oxygen atoms in total. The highest BCUT2D eigenvalue weighted by Crippen LogP contribution is 2.31. The molecule has 3 unspecified atom stereocenters. The maximum Gasteiger partial charge on any atom is 0.165 e. The maximum atomic E-state index is 10.9. The van der Waals surface area contributed by atoms with Gasteiger partial charge in [0.15, 0.2) is 17.0 Å². The van der Waals surface area contributed by atoms with E-state index in [0.29, 0.717) is 32.8 Å². The minimum absolute atomic E-state index is 0.0341. The Morgan fingerprint density at radius 2 is 2.10 bits per heavy atom. The molecule has 2 saturated heterocycles. The van der Waals surface area contributed by atoms with Crippen molar-refractivity contribution in [2.45, 2.75) is 50.5 Å². The van der Waals surface area contributed by atoms with Crippen LogP contribution in [0.3, 0.4) is 0 Å². The Hall–Kier alpha value is -1.81. The second-order valence-electron chi connectivity index (χ2n) is 8.53. The Bertz CT molecular complexity index is 857. The number of rotatable bonds is 7. The lowest BCUT2D eigenvalue weighted by Crippen LogP contribution is -2.45. The standard InChI is InChI=1S/C20H29N5O4/c1-14-20(26,4-6-28-14)11-25-13-23-17-18(21-12-22-19(17)25)24-5-7-29-16(8-24)10-27-9-15-2-3-15/h12-16,26H,2-11H2,1H3. The average Bonchev–Trinajstić information content (AvgIpc) is 3.38. The SMILES string of the molecule is CC1OCCC1(O)Cn1cnc2c(N3CCOC(COCC4CC4)C3)ncnc21. The number of fused-ring (bicyclic) bond motifs is 1. The van der Waals surface area contributed by atoms with Gasteiger partial charge in [0.2, 0.25) is 0 Å². The minimum Gasteiger partial charge on any atom is -0.385 e. The van der Waals surface area contributed by atoms with Crippen molar-refractivity contribution in [2.24, 2.45) is 5.92 Å². The number of aromatic nitrogens is 4. The molecule has 0 aromatic carbocycles. The summed E-state index contributed by atoms with van der Waals surface area (Å²) in [5, 5.41) is 10.9. The van der Waals surface area contributed by atoms with Gasteiger partial charge in [-0.3, -0.25) is 0 Å². The highest BCUT2D eigenvalue weighted by molar-refractivity contribution is 5.83. The summed E-state index contributed by atoms with van der Waals surface area (Å²) in [5.41, 5.74) is 0.583. The number of anilines is 1. The summed E-state index contributed by atoms with van der Waals surface area (Å²) < 4.78 is 19.2. The molecule has 1 aliphatic carbocycles. The number of aliphatic hydroxyl groups is 1. The van der Waals surface area contributed by atoms with Crippen LogP contribution in [0.1, 0.15) is 26.2 Å². The first-order valence-electron chi connectivity index (χ1n) is 10.6. The van der Waals surface area contributed by atoms with Crippen molar-refractivity contribution in [1.29, 1.82) is 0 Å². The fraction of sp³-hybridized carbons (Fsp3) is 0.750. The van der Waals surface area contributed by atoms with Crippen LogP contribution in [0.4, 0.5) is 5.82 Å². The maximum absolute atomic E-state index is 10.9. The molecule has 1 saturated carbocycles. The zero-order chi connectivity index (χ0) is 19.8. The molecule has 2 aromatic rings. The average molecular weight is 403 g/mol. The van der Waals surface area contributed by atoms with Gasteiger partial charge in [-0.2, -0.15) is 0 Å². The van der Waals surface area contributed by atoms with E-state index in [9.17, 15) is 5.11 Å². The van der Waals surface area contributed by atoms with Crippen LogP contribution in [0.25, 0.3) is 11.2 Å². The smallest absolute Gasteiger partial charge is 0.165 e. The number of nitrogens with zero attached hydrogens (tertiary/aromatic N) is 5. The molecular weight excluding hydrogens is 374 g/mol. The van der Waals surface area contributed by atoms with Gasteiger partial charge in [-0.25, -0.2) is 15.0 Å². The number of imidazole rings is 1. The Morgan fingerprint density at radius 3 is 2.90 bits per heavy atom. The van der Waals surface area contributed by atoms with E-state index in [0.717, 1.165) is 42.6 Å². The third-order valence-electron chi connectivity index (χ3n) is 6.28. The normalized spacial score (nSPS) is 30.3. The van der Waals surface area contributed by atoms with E-state index < -0.39 is 5.60 Å². The number of morpholine rings is 1. The molecule has 4 heterocycles. The lowest BCUT2D eigenvalue weighted by molar-refractivity contribution is -0.0382. The lowest BCUT2D eigenvalue weighted by atomic mass is 9.97. The third-order valence-corrected chi connectivity index (χ3v) is 6.28. The molecule has 29 heavy (non-hydrogen) atoms. The molecule has 0 bridgehead atoms. The highest BCUT2D eigenvalue weighted by atomic mass is 16.5. The number of hydrogen-bond acceptors (Lipinski definition) is 8. The highest BCUT2D eigenvalue weighted by Gasteiger charge is 2.40. The van der Waals surface area contributed by atoms with Crippen molar-refractivity contribution in [2.75, 3.05) is 44.4 Å². The predicted molar refractivity (Wildman–Crippen MR) is 106 cm³/mol. The van der Waals surface area contributed by atoms with Crippen LogP contribution in [0.5, 0.6) is 0 Å². The van der Waals surface area contributed by atoms with Gasteiger partial charge in [-0.15, -0.1) is 0 Å². The zero-order valence-corrected chi connectivity index (χ0v) is 16.9. The fourth-order valence-corrected chi connectivity index (χ4v) is 4.15. The molecule has 3 aliphatic rings. The molecule has 0 radical (unpaired) electrons. The monoisotopic (exact) mass is 403 g/mol. The van der Waals surface area contributed by atoms with Crippen molar-refractivity contribution in [1.82, 2.24) is 19.5 Å². The minimum atomic E-state index is -0.901. The molecule has 2 aliphatic heterocycles. The van der Waals surface area contributed by atoms with Gasteiger partial charge in [-0.1, -0.05) is 0 Å². The van der Waals surface area contributed by atoms with Crippen LogP contribution in [0, 0.1) is 5.92 Å². The Balaban J connectivity index is 1.31. The first-order chi connectivity index (χ1) is 14.1. The topological polar surface area (TPSA) is 94.8 Å². The van der Waals surface area contributed by atoms with E-state index >= 15 is 0 Å². The number of hydrogen-bond donors (Lipinski definition) is 1. The Labute approximate surface area is 170 Å². The van der Waals surface area contributed by atoms with Crippen molar-refractivity contribution in [3.63, 3.8) is 0 Å². The zero-order valence-electron chi connectivity index (χ0n) is 16.9. The van der Waals surface area contributed by atoms with Crippen LogP contribution < -0.4 is 4.90 Å². The van der Waals surface area contributed by atoms with E-state index in [1.165, 1.54) is 12.8 Å². The van der Waals surface area contributed by atoms with Gasteiger partial charge >= 0.3 is 0 Å². The molecule has 0 spiro atoms. The van der Waals surface area contributed by atoms with Crippen LogP contribution in [-0.4, -0.2) is 82.0 Å². The fourth-order valence-electron chi connectivity index (χ4n) is 4.15. The quantitative estimate of drug-likeness (QED) is 0.732. The van der Waals surface area contributed by atoms with E-state index in [-0.39, 0.29) is 12.2 Å². The molecule has 3 atom stereocenters. The second kappa shape index (κ2) is 7.79.